The van der Waals surface area contributed by atoms with Gasteiger partial charge in [-0.2, -0.15) is 4.98 Å². The van der Waals surface area contributed by atoms with Crippen LogP contribution in [0.25, 0.3) is 0 Å². The topological polar surface area (TPSA) is 99.5 Å². The summed E-state index contributed by atoms with van der Waals surface area (Å²) in [4.78, 5) is 8.58. The molecule has 0 saturated heterocycles. The Labute approximate surface area is 122 Å². The summed E-state index contributed by atoms with van der Waals surface area (Å²) in [5.74, 6) is 1.05. The van der Waals surface area contributed by atoms with Gasteiger partial charge in [0.15, 0.2) is 0 Å². The number of methoxy groups -OCH3 is 1. The fourth-order valence-corrected chi connectivity index (χ4v) is 1.69. The third-order valence-corrected chi connectivity index (χ3v) is 2.68. The third kappa shape index (κ3) is 4.59. The van der Waals surface area contributed by atoms with Crippen LogP contribution in [0.1, 0.15) is 5.69 Å². The van der Waals surface area contributed by atoms with Crippen molar-refractivity contribution in [1.29, 1.82) is 0 Å². The maximum Gasteiger partial charge on any atom is 0.230 e. The van der Waals surface area contributed by atoms with Crippen LogP contribution >= 0.6 is 0 Å². The summed E-state index contributed by atoms with van der Waals surface area (Å²) in [6.45, 7) is 1.07. The summed E-state index contributed by atoms with van der Waals surface area (Å²) in [5, 5.41) is 24.1. The lowest BCUT2D eigenvalue weighted by Gasteiger charge is -2.09. The minimum absolute atomic E-state index is 0.0703. The van der Waals surface area contributed by atoms with E-state index in [1.165, 1.54) is 7.11 Å². The Balaban J connectivity index is 2.13. The van der Waals surface area contributed by atoms with Crippen molar-refractivity contribution in [3.8, 4) is 11.6 Å². The van der Waals surface area contributed by atoms with E-state index in [0.717, 1.165) is 11.4 Å². The van der Waals surface area contributed by atoms with E-state index in [9.17, 15) is 5.11 Å². The Kier molecular flexibility index (Phi) is 5.30. The van der Waals surface area contributed by atoms with Gasteiger partial charge in [-0.15, -0.1) is 0 Å². The first-order chi connectivity index (χ1) is 10.2. The molecule has 0 unspecified atom stereocenters. The normalized spacial score (nSPS) is 10.4. The van der Waals surface area contributed by atoms with Crippen LogP contribution in [-0.2, 0) is 6.54 Å². The van der Waals surface area contributed by atoms with Crippen molar-refractivity contribution < 1.29 is 14.9 Å². The Morgan fingerprint density at radius 2 is 1.95 bits per heavy atom. The quantitative estimate of drug-likeness (QED) is 0.446. The van der Waals surface area contributed by atoms with Gasteiger partial charge in [-0.1, -0.05) is 0 Å². The van der Waals surface area contributed by atoms with Crippen LogP contribution in [0, 0.1) is 0 Å². The minimum Gasteiger partial charge on any atom is -0.508 e. The molecule has 0 bridgehead atoms. The zero-order valence-corrected chi connectivity index (χ0v) is 11.7. The number of aromatic hydroxyl groups is 1. The lowest BCUT2D eigenvalue weighted by atomic mass is 10.3. The van der Waals surface area contributed by atoms with Crippen molar-refractivity contribution in [2.45, 2.75) is 6.54 Å². The maximum atomic E-state index is 9.26. The number of hydrogen-bond acceptors (Lipinski definition) is 7. The van der Waals surface area contributed by atoms with Crippen LogP contribution in [0.5, 0.6) is 11.6 Å². The number of aliphatic hydroxyl groups is 1. The highest BCUT2D eigenvalue weighted by molar-refractivity contribution is 5.54. The van der Waals surface area contributed by atoms with Gasteiger partial charge < -0.3 is 25.6 Å². The molecule has 0 atom stereocenters. The molecule has 0 saturated carbocycles. The van der Waals surface area contributed by atoms with Crippen molar-refractivity contribution in [2.75, 3.05) is 25.6 Å². The highest BCUT2D eigenvalue weighted by atomic mass is 16.5. The van der Waals surface area contributed by atoms with Gasteiger partial charge in [0, 0.05) is 24.8 Å². The molecule has 4 N–H and O–H groups in total. The minimum atomic E-state index is 0.0703. The lowest BCUT2D eigenvalue weighted by molar-refractivity contribution is 0.291. The van der Waals surface area contributed by atoms with Gasteiger partial charge in [0.05, 0.1) is 19.4 Å². The number of phenolic OH excluding ortho intramolecular Hbond substituents is 1. The van der Waals surface area contributed by atoms with E-state index in [4.69, 9.17) is 9.84 Å². The van der Waals surface area contributed by atoms with E-state index in [-0.39, 0.29) is 12.4 Å². The molecule has 1 heterocycles. The van der Waals surface area contributed by atoms with E-state index in [0.29, 0.717) is 24.9 Å². The number of nitrogens with zero attached hydrogens (tertiary/aromatic N) is 2. The Morgan fingerprint density at radius 3 is 2.62 bits per heavy atom. The summed E-state index contributed by atoms with van der Waals surface area (Å²) in [6, 6.07) is 8.33. The molecule has 0 radical (unpaired) electrons. The predicted octanol–water partition coefficient (Wildman–Crippen LogP) is 1.02. The molecule has 1 aromatic heterocycles. The van der Waals surface area contributed by atoms with Gasteiger partial charge >= 0.3 is 0 Å². The number of rotatable bonds is 7. The second-order valence-electron chi connectivity index (χ2n) is 4.30. The third-order valence-electron chi connectivity index (χ3n) is 2.68. The summed E-state index contributed by atoms with van der Waals surface area (Å²) < 4.78 is 5.15. The molecule has 2 aromatic rings. The molecule has 0 aliphatic carbocycles. The maximum absolute atomic E-state index is 9.26. The standard InChI is InChI=1S/C14H18N4O3/c1-21-13-8-11(9-15-6-7-19)17-14(18-13)16-10-2-4-12(20)5-3-10/h2-5,8,15,19-20H,6-7,9H2,1H3,(H,16,17,18). The molecule has 7 nitrogen and oxygen atoms in total. The molecule has 0 amide bonds. The average Bonchev–Trinajstić information content (AvgIpc) is 2.50. The summed E-state index contributed by atoms with van der Waals surface area (Å²) in [7, 11) is 1.54. The van der Waals surface area contributed by atoms with E-state index >= 15 is 0 Å². The number of aromatic nitrogens is 2. The van der Waals surface area contributed by atoms with E-state index in [2.05, 4.69) is 20.6 Å². The zero-order chi connectivity index (χ0) is 15.1. The Hall–Kier alpha value is -2.38. The molecule has 0 fully saturated rings. The molecule has 0 aliphatic rings. The zero-order valence-electron chi connectivity index (χ0n) is 11.7. The fourth-order valence-electron chi connectivity index (χ4n) is 1.69. The van der Waals surface area contributed by atoms with Crippen molar-refractivity contribution >= 4 is 11.6 Å². The summed E-state index contributed by atoms with van der Waals surface area (Å²) >= 11 is 0. The van der Waals surface area contributed by atoms with Crippen molar-refractivity contribution in [3.05, 3.63) is 36.0 Å². The van der Waals surface area contributed by atoms with Crippen molar-refractivity contribution in [3.63, 3.8) is 0 Å². The molecule has 2 rings (SSSR count). The monoisotopic (exact) mass is 290 g/mol. The van der Waals surface area contributed by atoms with Crippen LogP contribution in [0.3, 0.4) is 0 Å². The van der Waals surface area contributed by atoms with Crippen LogP contribution < -0.4 is 15.4 Å². The van der Waals surface area contributed by atoms with E-state index in [1.54, 1.807) is 30.3 Å². The highest BCUT2D eigenvalue weighted by Crippen LogP contribution is 2.19. The van der Waals surface area contributed by atoms with Gasteiger partial charge in [-0.3, -0.25) is 0 Å². The van der Waals surface area contributed by atoms with Crippen LogP contribution in [0.4, 0.5) is 11.6 Å². The number of aliphatic hydroxyl groups excluding tert-OH is 1. The largest absolute Gasteiger partial charge is 0.508 e. The highest BCUT2D eigenvalue weighted by Gasteiger charge is 2.05. The van der Waals surface area contributed by atoms with Crippen LogP contribution in [-0.4, -0.2) is 40.4 Å². The van der Waals surface area contributed by atoms with Gasteiger partial charge in [0.2, 0.25) is 11.8 Å². The van der Waals surface area contributed by atoms with Crippen molar-refractivity contribution in [2.24, 2.45) is 0 Å². The van der Waals surface area contributed by atoms with Crippen molar-refractivity contribution in [1.82, 2.24) is 15.3 Å². The van der Waals surface area contributed by atoms with Gasteiger partial charge in [-0.25, -0.2) is 4.98 Å². The number of nitrogens with one attached hydrogen (secondary N) is 2. The SMILES string of the molecule is COc1cc(CNCCO)nc(Nc2ccc(O)cc2)n1. The number of hydrogen-bond donors (Lipinski definition) is 4. The van der Waals surface area contributed by atoms with Gasteiger partial charge in [0.25, 0.3) is 0 Å². The van der Waals surface area contributed by atoms with E-state index < -0.39 is 0 Å². The molecule has 0 aliphatic heterocycles. The number of anilines is 2. The van der Waals surface area contributed by atoms with Gasteiger partial charge in [0.1, 0.15) is 5.75 Å². The number of benzene rings is 1. The fraction of sp³-hybridized carbons (Fsp3) is 0.286. The molecule has 0 spiro atoms. The second-order valence-corrected chi connectivity index (χ2v) is 4.30. The Morgan fingerprint density at radius 1 is 1.19 bits per heavy atom. The molecule has 7 heteroatoms. The molecule has 1 aromatic carbocycles. The van der Waals surface area contributed by atoms with Gasteiger partial charge in [-0.05, 0) is 24.3 Å². The predicted molar refractivity (Wildman–Crippen MR) is 78.8 cm³/mol. The van der Waals surface area contributed by atoms with Crippen LogP contribution in [0.2, 0.25) is 0 Å². The molecular weight excluding hydrogens is 272 g/mol. The smallest absolute Gasteiger partial charge is 0.230 e. The van der Waals surface area contributed by atoms with E-state index in [1.807, 2.05) is 0 Å². The Bertz CT molecular complexity index is 575. The lowest BCUT2D eigenvalue weighted by Crippen LogP contribution is -2.18. The first-order valence-corrected chi connectivity index (χ1v) is 6.51. The number of ether oxygens (including phenoxy) is 1. The first kappa shape index (κ1) is 15.0. The summed E-state index contributed by atoms with van der Waals surface area (Å²) in [6.07, 6.45) is 0. The molecule has 112 valence electrons. The molecule has 21 heavy (non-hydrogen) atoms. The first-order valence-electron chi connectivity index (χ1n) is 6.51. The number of phenols is 1. The average molecular weight is 290 g/mol. The molecular formula is C14H18N4O3. The second kappa shape index (κ2) is 7.41. The summed E-state index contributed by atoms with van der Waals surface area (Å²) in [5.41, 5.74) is 1.51. The van der Waals surface area contributed by atoms with Crippen LogP contribution in [0.15, 0.2) is 30.3 Å².